The van der Waals surface area contributed by atoms with Crippen LogP contribution < -0.4 is 0 Å². The second kappa shape index (κ2) is 5.40. The molecule has 6 nitrogen and oxygen atoms in total. The molecule has 1 spiro atoms. The van der Waals surface area contributed by atoms with Gasteiger partial charge in [-0.15, -0.1) is 0 Å². The second-order valence-corrected chi connectivity index (χ2v) is 7.55. The predicted molar refractivity (Wildman–Crippen MR) is 94.6 cm³/mol. The van der Waals surface area contributed by atoms with Crippen molar-refractivity contribution in [2.24, 2.45) is 0 Å². The van der Waals surface area contributed by atoms with Crippen molar-refractivity contribution < 1.29 is 14.3 Å². The summed E-state index contributed by atoms with van der Waals surface area (Å²) in [5.74, 6) is -0.275. The fraction of sp³-hybridized carbons (Fsp3) is 0.333. The average molecular weight is 359 g/mol. The van der Waals surface area contributed by atoms with Crippen molar-refractivity contribution in [2.75, 3.05) is 13.1 Å². The highest BCUT2D eigenvalue weighted by Crippen LogP contribution is 2.51. The third-order valence-corrected chi connectivity index (χ3v) is 6.06. The van der Waals surface area contributed by atoms with E-state index in [9.17, 15) is 9.59 Å². The molecule has 0 radical (unpaired) electrons. The molecule has 1 aliphatic carbocycles. The Morgan fingerprint density at radius 2 is 1.96 bits per heavy atom. The first-order valence-electron chi connectivity index (χ1n) is 9.06. The summed E-state index contributed by atoms with van der Waals surface area (Å²) in [7, 11) is 0. The minimum Gasteiger partial charge on any atom is -0.449 e. The lowest BCUT2D eigenvalue weighted by molar-refractivity contribution is -0.134. The van der Waals surface area contributed by atoms with E-state index in [2.05, 4.69) is 11.1 Å². The van der Waals surface area contributed by atoms with E-state index in [1.54, 1.807) is 18.3 Å². The minimum absolute atomic E-state index is 0.0858. The van der Waals surface area contributed by atoms with Crippen molar-refractivity contribution in [1.82, 2.24) is 9.88 Å². The van der Waals surface area contributed by atoms with Crippen LogP contribution in [0.1, 0.15) is 46.3 Å². The summed E-state index contributed by atoms with van der Waals surface area (Å²) in [6.07, 6.45) is 5.41. The Kier molecular flexibility index (Phi) is 3.20. The third kappa shape index (κ3) is 2.21. The van der Waals surface area contributed by atoms with Crippen LogP contribution in [0.15, 0.2) is 42.7 Å². The lowest BCUT2D eigenvalue weighted by atomic mass is 9.92. The van der Waals surface area contributed by atoms with E-state index in [1.165, 1.54) is 6.20 Å². The monoisotopic (exact) mass is 359 g/mol. The number of ether oxygens (including phenoxy) is 1. The molecular formula is C21H17N3O3. The average Bonchev–Trinajstić information content (AvgIpc) is 3.34. The van der Waals surface area contributed by atoms with Crippen molar-refractivity contribution in [3.8, 4) is 6.07 Å². The summed E-state index contributed by atoms with van der Waals surface area (Å²) in [5, 5.41) is 8.98. The van der Waals surface area contributed by atoms with Gasteiger partial charge >= 0.3 is 5.97 Å². The molecule has 1 aromatic heterocycles. The van der Waals surface area contributed by atoms with E-state index in [4.69, 9.17) is 10.00 Å². The normalized spacial score (nSPS) is 24.4. The minimum atomic E-state index is -0.744. The van der Waals surface area contributed by atoms with E-state index in [1.807, 2.05) is 23.1 Å². The van der Waals surface area contributed by atoms with Gasteiger partial charge in [0.05, 0.1) is 29.2 Å². The Balaban J connectivity index is 1.42. The van der Waals surface area contributed by atoms with E-state index in [-0.39, 0.29) is 11.9 Å². The number of pyridine rings is 1. The van der Waals surface area contributed by atoms with Crippen LogP contribution in [0.3, 0.4) is 0 Å². The topological polar surface area (TPSA) is 83.3 Å². The number of esters is 1. The summed E-state index contributed by atoms with van der Waals surface area (Å²) in [6, 6.07) is 11.2. The van der Waals surface area contributed by atoms with Crippen molar-refractivity contribution >= 4 is 11.9 Å². The first-order chi connectivity index (χ1) is 13.1. The molecule has 1 amide bonds. The lowest BCUT2D eigenvalue weighted by Gasteiger charge is -2.26. The number of carbonyl (C=O) groups is 2. The van der Waals surface area contributed by atoms with Crippen molar-refractivity contribution in [3.63, 3.8) is 0 Å². The summed E-state index contributed by atoms with van der Waals surface area (Å²) < 4.78 is 5.72. The molecule has 1 saturated heterocycles. The second-order valence-electron chi connectivity index (χ2n) is 7.55. The molecule has 6 heteroatoms. The van der Waals surface area contributed by atoms with Gasteiger partial charge in [-0.2, -0.15) is 5.26 Å². The molecule has 2 aromatic rings. The van der Waals surface area contributed by atoms with Gasteiger partial charge in [0, 0.05) is 30.9 Å². The van der Waals surface area contributed by atoms with E-state index >= 15 is 0 Å². The zero-order valence-corrected chi connectivity index (χ0v) is 14.6. The maximum absolute atomic E-state index is 13.3. The van der Waals surface area contributed by atoms with Crippen LogP contribution in [0.25, 0.3) is 0 Å². The molecule has 2 aliphatic heterocycles. The van der Waals surface area contributed by atoms with E-state index in [0.29, 0.717) is 30.6 Å². The molecule has 27 heavy (non-hydrogen) atoms. The Bertz CT molecular complexity index is 1000. The van der Waals surface area contributed by atoms with Gasteiger partial charge in [0.2, 0.25) is 5.91 Å². The summed E-state index contributed by atoms with van der Waals surface area (Å²) in [5.41, 5.74) is 1.64. The van der Waals surface area contributed by atoms with Crippen molar-refractivity contribution in [1.29, 1.82) is 5.26 Å². The number of aromatic nitrogens is 1. The SMILES string of the molecule is N#Cc1ccc(C2(C(=O)N3CC[C@@]4(C3)OC(=O)c3cnccc34)CC2)cc1. The number of benzene rings is 1. The number of hydrogen-bond donors (Lipinski definition) is 0. The van der Waals surface area contributed by atoms with Crippen molar-refractivity contribution in [2.45, 2.75) is 30.3 Å². The third-order valence-electron chi connectivity index (χ3n) is 6.06. The fourth-order valence-corrected chi connectivity index (χ4v) is 4.42. The molecule has 1 aromatic carbocycles. The van der Waals surface area contributed by atoms with Crippen LogP contribution in [0.4, 0.5) is 0 Å². The number of carbonyl (C=O) groups excluding carboxylic acids is 2. The zero-order valence-electron chi connectivity index (χ0n) is 14.6. The van der Waals surface area contributed by atoms with Gasteiger partial charge in [-0.25, -0.2) is 4.79 Å². The molecule has 1 saturated carbocycles. The molecule has 3 aliphatic rings. The van der Waals surface area contributed by atoms with Gasteiger partial charge in [0.1, 0.15) is 0 Å². The maximum atomic E-state index is 13.3. The van der Waals surface area contributed by atoms with Crippen LogP contribution in [0.5, 0.6) is 0 Å². The standard InChI is InChI=1S/C21H17N3O3/c22-11-14-1-3-15(4-2-14)20(6-7-20)19(26)24-10-8-21(13-24)17-5-9-23-12-16(17)18(25)27-21/h1-5,9,12H,6-8,10,13H2/t21-/m0/s1. The Morgan fingerprint density at radius 1 is 1.19 bits per heavy atom. The van der Waals surface area contributed by atoms with E-state index < -0.39 is 11.0 Å². The molecule has 0 unspecified atom stereocenters. The smallest absolute Gasteiger partial charge is 0.341 e. The van der Waals surface area contributed by atoms with Crippen LogP contribution >= 0.6 is 0 Å². The molecule has 0 bridgehead atoms. The Morgan fingerprint density at radius 3 is 2.67 bits per heavy atom. The Labute approximate surface area is 156 Å². The van der Waals surface area contributed by atoms with Crippen LogP contribution in [-0.4, -0.2) is 34.8 Å². The number of likely N-dealkylation sites (tertiary alicyclic amines) is 1. The lowest BCUT2D eigenvalue weighted by Crippen LogP contribution is -2.40. The summed E-state index contributed by atoms with van der Waals surface area (Å²) in [4.78, 5) is 31.4. The maximum Gasteiger partial charge on any atom is 0.341 e. The molecule has 1 atom stereocenters. The van der Waals surface area contributed by atoms with Crippen LogP contribution in [0.2, 0.25) is 0 Å². The molecular weight excluding hydrogens is 342 g/mol. The van der Waals surface area contributed by atoms with Crippen LogP contribution in [-0.2, 0) is 20.5 Å². The predicted octanol–water partition coefficient (Wildman–Crippen LogP) is 2.28. The summed E-state index contributed by atoms with van der Waals surface area (Å²) in [6.45, 7) is 0.943. The molecule has 3 heterocycles. The van der Waals surface area contributed by atoms with Gasteiger partial charge < -0.3 is 9.64 Å². The van der Waals surface area contributed by atoms with Gasteiger partial charge in [-0.3, -0.25) is 9.78 Å². The molecule has 2 fully saturated rings. The number of nitrogens with zero attached hydrogens (tertiary/aromatic N) is 3. The van der Waals surface area contributed by atoms with Gasteiger partial charge in [-0.1, -0.05) is 12.1 Å². The fourth-order valence-electron chi connectivity index (χ4n) is 4.42. The number of rotatable bonds is 2. The van der Waals surface area contributed by atoms with E-state index in [0.717, 1.165) is 24.0 Å². The molecule has 0 N–H and O–H groups in total. The summed E-state index contributed by atoms with van der Waals surface area (Å²) >= 11 is 0. The number of fused-ring (bicyclic) bond motifs is 2. The molecule has 134 valence electrons. The number of nitriles is 1. The first kappa shape index (κ1) is 16.0. The van der Waals surface area contributed by atoms with Crippen LogP contribution in [0, 0.1) is 11.3 Å². The molecule has 5 rings (SSSR count). The number of hydrogen-bond acceptors (Lipinski definition) is 5. The largest absolute Gasteiger partial charge is 0.449 e. The van der Waals surface area contributed by atoms with Crippen molar-refractivity contribution in [3.05, 3.63) is 65.0 Å². The Hall–Kier alpha value is -3.20. The van der Waals surface area contributed by atoms with Gasteiger partial charge in [-0.05, 0) is 36.6 Å². The van der Waals surface area contributed by atoms with Gasteiger partial charge in [0.15, 0.2) is 5.60 Å². The highest BCUT2D eigenvalue weighted by Gasteiger charge is 2.57. The highest BCUT2D eigenvalue weighted by molar-refractivity contribution is 5.95. The highest BCUT2D eigenvalue weighted by atomic mass is 16.6. The first-order valence-corrected chi connectivity index (χ1v) is 9.06. The quantitative estimate of drug-likeness (QED) is 0.768. The number of amides is 1. The van der Waals surface area contributed by atoms with Gasteiger partial charge in [0.25, 0.3) is 0 Å². The zero-order chi connectivity index (χ0) is 18.6.